The smallest absolute Gasteiger partial charge is 0.303 e. The number of rotatable bonds is 9. The Bertz CT molecular complexity index is 712. The van der Waals surface area contributed by atoms with E-state index in [-0.39, 0.29) is 6.42 Å². The van der Waals surface area contributed by atoms with Crippen LogP contribution in [0, 0.1) is 30.6 Å². The van der Waals surface area contributed by atoms with E-state index in [4.69, 9.17) is 16.7 Å². The maximum Gasteiger partial charge on any atom is 0.303 e. The second kappa shape index (κ2) is 9.57. The molecule has 0 heterocycles. The highest BCUT2D eigenvalue weighted by Gasteiger charge is 2.38. The molecule has 3 nitrogen and oxygen atoms in total. The highest BCUT2D eigenvalue weighted by atomic mass is 35.5. The molecule has 0 spiro atoms. The van der Waals surface area contributed by atoms with Gasteiger partial charge in [0.15, 0.2) is 0 Å². The minimum atomic E-state index is -0.706. The Morgan fingerprint density at radius 2 is 2.07 bits per heavy atom. The van der Waals surface area contributed by atoms with Crippen LogP contribution in [-0.4, -0.2) is 17.6 Å². The average Bonchev–Trinajstić information content (AvgIpc) is 2.64. The summed E-state index contributed by atoms with van der Waals surface area (Å²) in [6, 6.07) is 6.09. The van der Waals surface area contributed by atoms with Crippen LogP contribution in [0.1, 0.15) is 43.2 Å². The zero-order chi connectivity index (χ0) is 19.2. The van der Waals surface area contributed by atoms with Gasteiger partial charge in [-0.05, 0) is 86.1 Å². The fourth-order valence-electron chi connectivity index (χ4n) is 4.57. The largest absolute Gasteiger partial charge is 0.481 e. The summed E-state index contributed by atoms with van der Waals surface area (Å²) < 4.78 is 0. The Morgan fingerprint density at radius 3 is 2.78 bits per heavy atom. The van der Waals surface area contributed by atoms with E-state index in [2.05, 4.69) is 42.6 Å². The molecule has 4 heteroatoms. The van der Waals surface area contributed by atoms with E-state index < -0.39 is 5.97 Å². The number of aliphatic carboxylic acids is 1. The molecule has 0 radical (unpaired) electrons. The predicted molar refractivity (Wildman–Crippen MR) is 111 cm³/mol. The summed E-state index contributed by atoms with van der Waals surface area (Å²) in [4.78, 5) is 10.6. The van der Waals surface area contributed by atoms with E-state index in [1.54, 1.807) is 0 Å². The summed E-state index contributed by atoms with van der Waals surface area (Å²) in [7, 11) is 0. The number of benzene rings is 1. The van der Waals surface area contributed by atoms with Crippen LogP contribution in [-0.2, 0) is 11.3 Å². The zero-order valence-corrected chi connectivity index (χ0v) is 16.8. The summed E-state index contributed by atoms with van der Waals surface area (Å²) >= 11 is 6.05. The number of nitrogens with one attached hydrogen (secondary N) is 1. The minimum absolute atomic E-state index is 0.256. The van der Waals surface area contributed by atoms with Gasteiger partial charge >= 0.3 is 5.97 Å². The molecule has 4 atom stereocenters. The molecule has 0 aliphatic heterocycles. The second-order valence-electron chi connectivity index (χ2n) is 7.95. The van der Waals surface area contributed by atoms with Gasteiger partial charge in [0.2, 0.25) is 0 Å². The van der Waals surface area contributed by atoms with Crippen molar-refractivity contribution in [3.05, 3.63) is 58.7 Å². The van der Waals surface area contributed by atoms with E-state index in [0.29, 0.717) is 23.7 Å². The van der Waals surface area contributed by atoms with Gasteiger partial charge in [-0.15, -0.1) is 0 Å². The number of unbranched alkanes of at least 4 members (excludes halogenated alkanes) is 1. The lowest BCUT2D eigenvalue weighted by molar-refractivity contribution is -0.137. The molecule has 4 rings (SSSR count). The molecule has 2 bridgehead atoms. The van der Waals surface area contributed by atoms with E-state index in [0.717, 1.165) is 31.0 Å². The Balaban J connectivity index is 1.55. The van der Waals surface area contributed by atoms with Crippen LogP contribution in [0.15, 0.2) is 42.5 Å². The molecule has 3 aliphatic rings. The van der Waals surface area contributed by atoms with Crippen molar-refractivity contribution in [3.8, 4) is 0 Å². The molecule has 0 aromatic heterocycles. The van der Waals surface area contributed by atoms with E-state index in [1.807, 2.05) is 12.1 Å². The van der Waals surface area contributed by atoms with Crippen LogP contribution in [0.5, 0.6) is 0 Å². The van der Waals surface area contributed by atoms with Crippen molar-refractivity contribution in [2.45, 2.75) is 45.6 Å². The molecule has 1 aromatic rings. The molecule has 1 aromatic carbocycles. The second-order valence-corrected chi connectivity index (χ2v) is 8.38. The maximum atomic E-state index is 10.6. The number of hydrogen-bond donors (Lipinski definition) is 2. The van der Waals surface area contributed by atoms with Crippen LogP contribution in [0.2, 0.25) is 5.02 Å². The highest BCUT2D eigenvalue weighted by molar-refractivity contribution is 6.30. The summed E-state index contributed by atoms with van der Waals surface area (Å²) in [5.74, 6) is 1.77. The van der Waals surface area contributed by atoms with Gasteiger partial charge in [-0.3, -0.25) is 4.79 Å². The van der Waals surface area contributed by atoms with Crippen LogP contribution >= 0.6 is 11.6 Å². The van der Waals surface area contributed by atoms with Gasteiger partial charge in [0.25, 0.3) is 0 Å². The molecule has 3 aliphatic carbocycles. The third-order valence-corrected chi connectivity index (χ3v) is 6.33. The van der Waals surface area contributed by atoms with Crippen molar-refractivity contribution < 1.29 is 9.90 Å². The SMILES string of the molecule is Cc1cc(Cl)ccc1CNC[C@@H]1[C@@H](/C=C\CCCC(=O)O)[C@H]2C=C[C@@H]1CC2. The number of carboxylic acids is 1. The molecule has 146 valence electrons. The lowest BCUT2D eigenvalue weighted by Crippen LogP contribution is -2.41. The fourth-order valence-corrected chi connectivity index (χ4v) is 4.80. The summed E-state index contributed by atoms with van der Waals surface area (Å²) in [6.45, 7) is 3.99. The number of halogens is 1. The highest BCUT2D eigenvalue weighted by Crippen LogP contribution is 2.45. The Kier molecular flexibility index (Phi) is 7.14. The number of aryl methyl sites for hydroxylation is 1. The van der Waals surface area contributed by atoms with Crippen molar-refractivity contribution in [2.24, 2.45) is 23.7 Å². The van der Waals surface area contributed by atoms with Crippen LogP contribution in [0.3, 0.4) is 0 Å². The van der Waals surface area contributed by atoms with Gasteiger partial charge in [-0.2, -0.15) is 0 Å². The van der Waals surface area contributed by atoms with Crippen molar-refractivity contribution in [3.63, 3.8) is 0 Å². The number of fused-ring (bicyclic) bond motifs is 2. The lowest BCUT2D eigenvalue weighted by Gasteiger charge is -2.44. The molecule has 1 fully saturated rings. The molecule has 1 saturated carbocycles. The first-order valence-electron chi connectivity index (χ1n) is 10.1. The summed E-state index contributed by atoms with van der Waals surface area (Å²) in [5, 5.41) is 13.2. The Morgan fingerprint density at radius 1 is 1.30 bits per heavy atom. The molecule has 27 heavy (non-hydrogen) atoms. The van der Waals surface area contributed by atoms with Crippen LogP contribution in [0.25, 0.3) is 0 Å². The third kappa shape index (κ3) is 5.46. The molecule has 2 N–H and O–H groups in total. The van der Waals surface area contributed by atoms with Crippen LogP contribution in [0.4, 0.5) is 0 Å². The first-order chi connectivity index (χ1) is 13.0. The van der Waals surface area contributed by atoms with Crippen LogP contribution < -0.4 is 5.32 Å². The maximum absolute atomic E-state index is 10.6. The molecule has 0 amide bonds. The quantitative estimate of drug-likeness (QED) is 0.442. The number of carboxylic acid groups (broad SMARTS) is 1. The Labute approximate surface area is 167 Å². The number of allylic oxidation sites excluding steroid dienone is 4. The van der Waals surface area contributed by atoms with Crippen molar-refractivity contribution >= 4 is 17.6 Å². The summed E-state index contributed by atoms with van der Waals surface area (Å²) in [6.07, 6.45) is 13.8. The number of carbonyl (C=O) groups is 1. The molecule has 0 unspecified atom stereocenters. The van der Waals surface area contributed by atoms with Gasteiger partial charge < -0.3 is 10.4 Å². The van der Waals surface area contributed by atoms with Gasteiger partial charge in [0.1, 0.15) is 0 Å². The molecule has 0 saturated heterocycles. The standard InChI is InChI=1S/C23H30ClNO2/c1-16-13-20(24)12-11-19(16)14-25-15-22-18-9-7-17(8-10-18)21(22)5-3-2-4-6-23(26)27/h3,5,7,9,11-13,17-18,21-22,25H,2,4,6,8,10,14-15H2,1H3,(H,26,27)/b5-3-/t17-,18+,21-,22-/m0/s1. The van der Waals surface area contributed by atoms with Crippen molar-refractivity contribution in [1.82, 2.24) is 5.32 Å². The summed E-state index contributed by atoms with van der Waals surface area (Å²) in [5.41, 5.74) is 2.53. The average molecular weight is 388 g/mol. The third-order valence-electron chi connectivity index (χ3n) is 6.10. The van der Waals surface area contributed by atoms with Gasteiger partial charge in [0.05, 0.1) is 0 Å². The van der Waals surface area contributed by atoms with E-state index in [1.165, 1.54) is 24.0 Å². The fraction of sp³-hybridized carbons (Fsp3) is 0.522. The van der Waals surface area contributed by atoms with Gasteiger partial charge in [0, 0.05) is 18.0 Å². The van der Waals surface area contributed by atoms with E-state index >= 15 is 0 Å². The normalized spacial score (nSPS) is 26.7. The van der Waals surface area contributed by atoms with Crippen molar-refractivity contribution in [2.75, 3.05) is 6.54 Å². The minimum Gasteiger partial charge on any atom is -0.481 e. The monoisotopic (exact) mass is 387 g/mol. The van der Waals surface area contributed by atoms with E-state index in [9.17, 15) is 4.79 Å². The topological polar surface area (TPSA) is 49.3 Å². The Hall–Kier alpha value is -1.58. The first-order valence-corrected chi connectivity index (χ1v) is 10.4. The number of hydrogen-bond acceptors (Lipinski definition) is 2. The zero-order valence-electron chi connectivity index (χ0n) is 16.0. The first kappa shape index (κ1) is 20.2. The van der Waals surface area contributed by atoms with Crippen molar-refractivity contribution in [1.29, 1.82) is 0 Å². The van der Waals surface area contributed by atoms with Gasteiger partial charge in [-0.1, -0.05) is 42.0 Å². The predicted octanol–water partition coefficient (Wildman–Crippen LogP) is 5.38. The molecular formula is C23H30ClNO2. The van der Waals surface area contributed by atoms with Gasteiger partial charge in [-0.25, -0.2) is 0 Å². The lowest BCUT2D eigenvalue weighted by atomic mass is 9.62. The molecular weight excluding hydrogens is 358 g/mol.